The molecule has 4 N–H and O–H groups in total. The first-order valence-electron chi connectivity index (χ1n) is 11.5. The zero-order chi connectivity index (χ0) is 26.2. The number of aromatic nitrogens is 4. The first-order valence-corrected chi connectivity index (χ1v) is 11.5. The molecule has 37 heavy (non-hydrogen) atoms. The Balaban J connectivity index is 1.39. The Morgan fingerprint density at radius 1 is 1.16 bits per heavy atom. The Kier molecular flexibility index (Phi) is 6.52. The molecule has 0 saturated carbocycles. The van der Waals surface area contributed by atoms with E-state index in [0.29, 0.717) is 41.8 Å². The number of rotatable bonds is 5. The van der Waals surface area contributed by atoms with Gasteiger partial charge >= 0.3 is 6.18 Å². The molecule has 4 aromatic rings. The lowest BCUT2D eigenvalue weighted by Gasteiger charge is -2.27. The maximum Gasteiger partial charge on any atom is 0.417 e. The van der Waals surface area contributed by atoms with Gasteiger partial charge < -0.3 is 20.9 Å². The highest BCUT2D eigenvalue weighted by atomic mass is 19.4. The molecule has 1 saturated heterocycles. The molecule has 12 heteroatoms. The molecule has 192 valence electrons. The number of pyridine rings is 1. The highest BCUT2D eigenvalue weighted by Crippen LogP contribution is 2.34. The quantitative estimate of drug-likeness (QED) is 0.370. The van der Waals surface area contributed by atoms with Crippen molar-refractivity contribution in [3.05, 3.63) is 71.9 Å². The van der Waals surface area contributed by atoms with Gasteiger partial charge in [0.15, 0.2) is 0 Å². The van der Waals surface area contributed by atoms with Gasteiger partial charge in [-0.1, -0.05) is 12.1 Å². The van der Waals surface area contributed by atoms with Gasteiger partial charge in [-0.25, -0.2) is 15.0 Å². The number of hydrogen-bond donors (Lipinski definition) is 3. The van der Waals surface area contributed by atoms with Crippen molar-refractivity contribution in [3.8, 4) is 11.3 Å². The Hall–Kier alpha value is -4.03. The minimum absolute atomic E-state index is 0.00352. The zero-order valence-corrected chi connectivity index (χ0v) is 19.4. The lowest BCUT2D eigenvalue weighted by atomic mass is 9.98. The second-order valence-electron chi connectivity index (χ2n) is 8.72. The summed E-state index contributed by atoms with van der Waals surface area (Å²) in [6.45, 7) is 0.398. The Morgan fingerprint density at radius 2 is 1.95 bits per heavy atom. The summed E-state index contributed by atoms with van der Waals surface area (Å²) in [4.78, 5) is 25.4. The number of aliphatic hydroxyl groups excluding tert-OH is 1. The molecule has 1 aliphatic heterocycles. The van der Waals surface area contributed by atoms with Crippen LogP contribution in [0.3, 0.4) is 0 Å². The molecule has 9 nitrogen and oxygen atoms in total. The Bertz CT molecular complexity index is 1410. The van der Waals surface area contributed by atoms with Crippen molar-refractivity contribution in [2.45, 2.75) is 31.0 Å². The first-order chi connectivity index (χ1) is 17.7. The number of nitrogens with zero attached hydrogens (tertiary/aromatic N) is 4. The number of carbonyl (C=O) groups excluding carboxylic acids is 1. The number of hydrogen-bond acceptors (Lipinski definition) is 7. The van der Waals surface area contributed by atoms with E-state index < -0.39 is 17.6 Å². The number of nitrogens with two attached hydrogens (primary N) is 1. The van der Waals surface area contributed by atoms with Crippen LogP contribution in [0.4, 0.5) is 24.8 Å². The van der Waals surface area contributed by atoms with Crippen molar-refractivity contribution in [2.24, 2.45) is 0 Å². The summed E-state index contributed by atoms with van der Waals surface area (Å²) in [5.41, 5.74) is 7.53. The van der Waals surface area contributed by atoms with E-state index in [-0.39, 0.29) is 30.0 Å². The van der Waals surface area contributed by atoms with E-state index in [2.05, 4.69) is 15.3 Å². The van der Waals surface area contributed by atoms with Crippen LogP contribution in [0.25, 0.3) is 16.8 Å². The van der Waals surface area contributed by atoms with Gasteiger partial charge in [0.1, 0.15) is 28.7 Å². The second kappa shape index (κ2) is 9.79. The fraction of sp³-hybridized carbons (Fsp3) is 0.280. The number of amides is 1. The molecule has 3 aromatic heterocycles. The number of nitrogens with one attached hydrogen (secondary N) is 1. The number of benzene rings is 1. The highest BCUT2D eigenvalue weighted by Gasteiger charge is 2.31. The molecule has 1 aromatic carbocycles. The van der Waals surface area contributed by atoms with Crippen LogP contribution in [0.1, 0.15) is 40.5 Å². The number of alkyl halides is 3. The molecule has 5 rings (SSSR count). The fourth-order valence-corrected chi connectivity index (χ4v) is 4.33. The van der Waals surface area contributed by atoms with Crippen molar-refractivity contribution in [1.29, 1.82) is 0 Å². The summed E-state index contributed by atoms with van der Waals surface area (Å²) in [5, 5.41) is 11.8. The van der Waals surface area contributed by atoms with E-state index in [1.807, 2.05) is 4.40 Å². The molecule has 2 atom stereocenters. The third-order valence-corrected chi connectivity index (χ3v) is 6.30. The first kappa shape index (κ1) is 24.7. The minimum atomic E-state index is -4.51. The van der Waals surface area contributed by atoms with E-state index in [4.69, 9.17) is 15.5 Å². The zero-order valence-electron chi connectivity index (χ0n) is 19.4. The molecule has 2 unspecified atom stereocenters. The Morgan fingerprint density at radius 3 is 2.57 bits per heavy atom. The van der Waals surface area contributed by atoms with E-state index in [1.54, 1.807) is 36.7 Å². The van der Waals surface area contributed by atoms with E-state index in [0.717, 1.165) is 24.4 Å². The number of fused-ring (bicyclic) bond motifs is 1. The number of anilines is 2. The molecule has 1 fully saturated rings. The summed E-state index contributed by atoms with van der Waals surface area (Å²) in [6, 6.07) is 8.55. The molecule has 0 bridgehead atoms. The maximum atomic E-state index is 12.7. The topological polar surface area (TPSA) is 128 Å². The van der Waals surface area contributed by atoms with Crippen molar-refractivity contribution in [2.75, 3.05) is 24.3 Å². The van der Waals surface area contributed by atoms with Gasteiger partial charge in [-0.3, -0.25) is 9.20 Å². The van der Waals surface area contributed by atoms with Gasteiger partial charge in [-0.05, 0) is 37.1 Å². The monoisotopic (exact) mass is 512 g/mol. The number of halogens is 3. The number of ether oxygens (including phenoxy) is 1. The normalized spacial score (nSPS) is 18.2. The Labute approximate surface area is 209 Å². The largest absolute Gasteiger partial charge is 0.417 e. The summed E-state index contributed by atoms with van der Waals surface area (Å²) in [5.74, 6) is 0.561. The summed E-state index contributed by atoms with van der Waals surface area (Å²) < 4.78 is 45.8. The third-order valence-electron chi connectivity index (χ3n) is 6.30. The third kappa shape index (κ3) is 4.98. The summed E-state index contributed by atoms with van der Waals surface area (Å²) in [7, 11) is 0. The summed E-state index contributed by atoms with van der Waals surface area (Å²) in [6.07, 6.45) is 0.874. The van der Waals surface area contributed by atoms with Crippen LogP contribution in [-0.2, 0) is 10.9 Å². The molecular weight excluding hydrogens is 489 g/mol. The van der Waals surface area contributed by atoms with Crippen molar-refractivity contribution >= 4 is 23.1 Å². The number of carbonyl (C=O) groups is 1. The number of aliphatic hydroxyl groups is 1. The number of imidazole rings is 1. The van der Waals surface area contributed by atoms with Gasteiger partial charge in [-0.2, -0.15) is 13.2 Å². The van der Waals surface area contributed by atoms with E-state index >= 15 is 0 Å². The molecule has 1 amide bonds. The average Bonchev–Trinajstić information content (AvgIpc) is 3.29. The molecule has 0 spiro atoms. The molecular formula is C25H23F3N6O3. The van der Waals surface area contributed by atoms with E-state index in [9.17, 15) is 23.1 Å². The highest BCUT2D eigenvalue weighted by molar-refractivity contribution is 6.04. The van der Waals surface area contributed by atoms with Crippen molar-refractivity contribution in [3.63, 3.8) is 0 Å². The van der Waals surface area contributed by atoms with Crippen molar-refractivity contribution < 1.29 is 27.8 Å². The minimum Gasteiger partial charge on any atom is -0.394 e. The van der Waals surface area contributed by atoms with Crippen LogP contribution in [0.2, 0.25) is 0 Å². The molecule has 0 aliphatic carbocycles. The lowest BCUT2D eigenvalue weighted by Crippen LogP contribution is -2.28. The van der Waals surface area contributed by atoms with Crippen molar-refractivity contribution in [1.82, 2.24) is 19.4 Å². The van der Waals surface area contributed by atoms with Crippen LogP contribution < -0.4 is 11.1 Å². The van der Waals surface area contributed by atoms with Crippen LogP contribution in [0, 0.1) is 0 Å². The van der Waals surface area contributed by atoms with Gasteiger partial charge in [0.2, 0.25) is 0 Å². The van der Waals surface area contributed by atoms with E-state index in [1.165, 1.54) is 0 Å². The van der Waals surface area contributed by atoms with Gasteiger partial charge in [-0.15, -0.1) is 0 Å². The van der Waals surface area contributed by atoms with Gasteiger partial charge in [0.25, 0.3) is 5.91 Å². The smallest absolute Gasteiger partial charge is 0.394 e. The van der Waals surface area contributed by atoms with Crippen LogP contribution in [-0.4, -0.2) is 49.7 Å². The van der Waals surface area contributed by atoms with Gasteiger partial charge in [0, 0.05) is 35.6 Å². The molecule has 1 aliphatic rings. The average molecular weight is 512 g/mol. The lowest BCUT2D eigenvalue weighted by molar-refractivity contribution is -0.137. The summed E-state index contributed by atoms with van der Waals surface area (Å²) >= 11 is 0. The van der Waals surface area contributed by atoms with Crippen LogP contribution in [0.5, 0.6) is 0 Å². The number of nitrogen functional groups attached to an aromatic ring is 1. The standard InChI is InChI=1S/C25H23F3N6O3/c26-25(27,28)17-6-8-19(31-11-17)32-24(36)15-3-1-14(2-4-15)20-21-22(29)30-9-10-34(21)23(33-20)16-5-7-18(12-35)37-13-16/h1-4,6,8-11,16,18,35H,5,7,12-13H2,(H2,29,30)(H,31,32,36). The second-order valence-corrected chi connectivity index (χ2v) is 8.72. The molecule has 4 heterocycles. The predicted octanol–water partition coefficient (Wildman–Crippen LogP) is 3.90. The van der Waals surface area contributed by atoms with Crippen LogP contribution in [0.15, 0.2) is 55.0 Å². The SMILES string of the molecule is Nc1nccn2c(C3CCC(CO)OC3)nc(-c3ccc(C(=O)Nc4ccc(C(F)(F)F)cn4)cc3)c12. The van der Waals surface area contributed by atoms with Gasteiger partial charge in [0.05, 0.1) is 24.9 Å². The fourth-order valence-electron chi connectivity index (χ4n) is 4.33. The predicted molar refractivity (Wildman–Crippen MR) is 129 cm³/mol. The molecule has 0 radical (unpaired) electrons. The maximum absolute atomic E-state index is 12.7. The van der Waals surface area contributed by atoms with Crippen LogP contribution >= 0.6 is 0 Å².